The quantitative estimate of drug-likeness (QED) is 0.678. The second kappa shape index (κ2) is 4.30. The number of carbonyl (C=O) groups excluding carboxylic acids is 1. The number of carbonyl (C=O) groups is 1. The van der Waals surface area contributed by atoms with Gasteiger partial charge in [0.05, 0.1) is 12.0 Å². The average Bonchev–Trinajstić information content (AvgIpc) is 2.93. The predicted molar refractivity (Wildman–Crippen MR) is 63.1 cm³/mol. The Morgan fingerprint density at radius 1 is 1.24 bits per heavy atom. The topological polar surface area (TPSA) is 47.3 Å². The summed E-state index contributed by atoms with van der Waals surface area (Å²) in [6.45, 7) is 3.05. The first-order chi connectivity index (χ1) is 8.28. The zero-order valence-corrected chi connectivity index (χ0v) is 10.1. The summed E-state index contributed by atoms with van der Waals surface area (Å²) in [5.41, 5.74) is 0. The van der Waals surface area contributed by atoms with Gasteiger partial charge in [0.2, 0.25) is 5.91 Å². The number of hydrogen-bond donors (Lipinski definition) is 0. The summed E-state index contributed by atoms with van der Waals surface area (Å²) in [5.74, 6) is 0.136. The molecule has 3 heterocycles. The molecule has 0 aromatic heterocycles. The molecule has 0 aromatic carbocycles. The van der Waals surface area contributed by atoms with E-state index in [0.717, 1.165) is 19.4 Å². The van der Waals surface area contributed by atoms with Crippen LogP contribution in [0.1, 0.15) is 32.1 Å². The SMILES string of the molecule is N#CC1CC(=O)N(C2CCN3CCCC3C2)C1. The molecule has 92 valence electrons. The molecular weight excluding hydrogens is 214 g/mol. The summed E-state index contributed by atoms with van der Waals surface area (Å²) in [4.78, 5) is 16.5. The fourth-order valence-electron chi connectivity index (χ4n) is 3.66. The van der Waals surface area contributed by atoms with E-state index in [2.05, 4.69) is 11.0 Å². The van der Waals surface area contributed by atoms with Crippen LogP contribution in [-0.4, -0.2) is 47.4 Å². The van der Waals surface area contributed by atoms with E-state index in [1.807, 2.05) is 4.90 Å². The second-order valence-electron chi connectivity index (χ2n) is 5.59. The van der Waals surface area contributed by atoms with Crippen LogP contribution in [0.25, 0.3) is 0 Å². The molecule has 4 nitrogen and oxygen atoms in total. The van der Waals surface area contributed by atoms with Crippen molar-refractivity contribution in [2.24, 2.45) is 5.92 Å². The van der Waals surface area contributed by atoms with Crippen molar-refractivity contribution in [3.8, 4) is 6.07 Å². The Balaban J connectivity index is 1.65. The number of fused-ring (bicyclic) bond motifs is 1. The van der Waals surface area contributed by atoms with E-state index in [0.29, 0.717) is 25.0 Å². The lowest BCUT2D eigenvalue weighted by Gasteiger charge is -2.39. The van der Waals surface area contributed by atoms with Crippen molar-refractivity contribution in [1.29, 1.82) is 5.26 Å². The molecule has 0 bridgehead atoms. The number of hydrogen-bond acceptors (Lipinski definition) is 3. The van der Waals surface area contributed by atoms with Crippen molar-refractivity contribution in [3.05, 3.63) is 0 Å². The number of piperidine rings is 1. The number of nitriles is 1. The summed E-state index contributed by atoms with van der Waals surface area (Å²) in [6.07, 6.45) is 5.28. The Kier molecular flexibility index (Phi) is 2.79. The molecule has 0 spiro atoms. The van der Waals surface area contributed by atoms with Crippen LogP contribution < -0.4 is 0 Å². The lowest BCUT2D eigenvalue weighted by molar-refractivity contribution is -0.130. The molecule has 3 unspecified atom stereocenters. The average molecular weight is 233 g/mol. The van der Waals surface area contributed by atoms with Crippen LogP contribution in [0.15, 0.2) is 0 Å². The second-order valence-corrected chi connectivity index (χ2v) is 5.59. The maximum Gasteiger partial charge on any atom is 0.224 e. The largest absolute Gasteiger partial charge is 0.338 e. The van der Waals surface area contributed by atoms with E-state index in [4.69, 9.17) is 5.26 Å². The number of nitrogens with zero attached hydrogens (tertiary/aromatic N) is 3. The number of rotatable bonds is 1. The lowest BCUT2D eigenvalue weighted by Crippen LogP contribution is -2.48. The molecule has 17 heavy (non-hydrogen) atoms. The minimum Gasteiger partial charge on any atom is -0.338 e. The molecule has 3 rings (SSSR count). The highest BCUT2D eigenvalue weighted by Gasteiger charge is 2.39. The summed E-state index contributed by atoms with van der Waals surface area (Å²) < 4.78 is 0. The Hall–Kier alpha value is -1.08. The van der Waals surface area contributed by atoms with Gasteiger partial charge in [-0.3, -0.25) is 4.79 Å². The lowest BCUT2D eigenvalue weighted by atomic mass is 9.96. The monoisotopic (exact) mass is 233 g/mol. The van der Waals surface area contributed by atoms with E-state index in [9.17, 15) is 4.79 Å². The van der Waals surface area contributed by atoms with Crippen LogP contribution in [0.2, 0.25) is 0 Å². The highest BCUT2D eigenvalue weighted by molar-refractivity contribution is 5.79. The van der Waals surface area contributed by atoms with Crippen LogP contribution in [0, 0.1) is 17.2 Å². The first-order valence-corrected chi connectivity index (χ1v) is 6.71. The van der Waals surface area contributed by atoms with Gasteiger partial charge in [-0.05, 0) is 32.2 Å². The molecule has 3 fully saturated rings. The van der Waals surface area contributed by atoms with Crippen LogP contribution in [0.5, 0.6) is 0 Å². The molecule has 3 aliphatic heterocycles. The van der Waals surface area contributed by atoms with Crippen molar-refractivity contribution in [2.45, 2.75) is 44.2 Å². The summed E-state index contributed by atoms with van der Waals surface area (Å²) in [5, 5.41) is 8.91. The van der Waals surface area contributed by atoms with Gasteiger partial charge < -0.3 is 9.80 Å². The van der Waals surface area contributed by atoms with E-state index in [1.54, 1.807) is 0 Å². The van der Waals surface area contributed by atoms with Crippen LogP contribution in [0.4, 0.5) is 0 Å². The zero-order chi connectivity index (χ0) is 11.8. The molecular formula is C13H19N3O. The van der Waals surface area contributed by atoms with Crippen molar-refractivity contribution < 1.29 is 4.79 Å². The van der Waals surface area contributed by atoms with E-state index in [-0.39, 0.29) is 11.8 Å². The number of likely N-dealkylation sites (tertiary alicyclic amines) is 1. The van der Waals surface area contributed by atoms with Gasteiger partial charge in [0, 0.05) is 31.6 Å². The van der Waals surface area contributed by atoms with Crippen molar-refractivity contribution in [3.63, 3.8) is 0 Å². The fraction of sp³-hybridized carbons (Fsp3) is 0.846. The molecule has 0 N–H and O–H groups in total. The Morgan fingerprint density at radius 2 is 2.12 bits per heavy atom. The molecule has 1 amide bonds. The van der Waals surface area contributed by atoms with Gasteiger partial charge in [0.15, 0.2) is 0 Å². The molecule has 3 saturated heterocycles. The third-order valence-electron chi connectivity index (χ3n) is 4.57. The maximum atomic E-state index is 11.9. The zero-order valence-electron chi connectivity index (χ0n) is 10.1. The highest BCUT2D eigenvalue weighted by atomic mass is 16.2. The highest BCUT2D eigenvalue weighted by Crippen LogP contribution is 2.32. The van der Waals surface area contributed by atoms with Gasteiger partial charge in [-0.15, -0.1) is 0 Å². The first kappa shape index (κ1) is 11.0. The van der Waals surface area contributed by atoms with E-state index in [1.165, 1.54) is 19.4 Å². The summed E-state index contributed by atoms with van der Waals surface area (Å²) >= 11 is 0. The minimum atomic E-state index is -0.0656. The van der Waals surface area contributed by atoms with E-state index < -0.39 is 0 Å². The van der Waals surface area contributed by atoms with Gasteiger partial charge in [-0.2, -0.15) is 5.26 Å². The van der Waals surface area contributed by atoms with Crippen molar-refractivity contribution >= 4 is 5.91 Å². The molecule has 4 heteroatoms. The van der Waals surface area contributed by atoms with Gasteiger partial charge in [0.1, 0.15) is 0 Å². The molecule has 3 aliphatic rings. The van der Waals surface area contributed by atoms with Gasteiger partial charge in [-0.25, -0.2) is 0 Å². The van der Waals surface area contributed by atoms with Crippen LogP contribution in [-0.2, 0) is 4.79 Å². The third kappa shape index (κ3) is 1.93. The normalized spacial score (nSPS) is 38.2. The standard InChI is InChI=1S/C13H19N3O/c14-8-10-6-13(17)16(9-10)12-3-5-15-4-1-2-11(15)7-12/h10-12H,1-7,9H2. The molecule has 0 saturated carbocycles. The Labute approximate surface area is 102 Å². The van der Waals surface area contributed by atoms with Crippen LogP contribution >= 0.6 is 0 Å². The predicted octanol–water partition coefficient (Wildman–Crippen LogP) is 0.985. The van der Waals surface area contributed by atoms with E-state index >= 15 is 0 Å². The maximum absolute atomic E-state index is 11.9. The smallest absolute Gasteiger partial charge is 0.224 e. The Bertz CT molecular complexity index is 362. The molecule has 3 atom stereocenters. The third-order valence-corrected chi connectivity index (χ3v) is 4.57. The molecule has 0 aliphatic carbocycles. The fourth-order valence-corrected chi connectivity index (χ4v) is 3.66. The molecule has 0 aromatic rings. The van der Waals surface area contributed by atoms with Crippen molar-refractivity contribution in [1.82, 2.24) is 9.80 Å². The summed E-state index contributed by atoms with van der Waals surface area (Å²) in [7, 11) is 0. The van der Waals surface area contributed by atoms with Gasteiger partial charge in [0.25, 0.3) is 0 Å². The minimum absolute atomic E-state index is 0.0656. The Morgan fingerprint density at radius 3 is 2.88 bits per heavy atom. The van der Waals surface area contributed by atoms with Crippen LogP contribution in [0.3, 0.4) is 0 Å². The van der Waals surface area contributed by atoms with Gasteiger partial charge >= 0.3 is 0 Å². The first-order valence-electron chi connectivity index (χ1n) is 6.71. The molecule has 0 radical (unpaired) electrons. The summed E-state index contributed by atoms with van der Waals surface area (Å²) in [6, 6.07) is 3.34. The number of amides is 1. The van der Waals surface area contributed by atoms with Gasteiger partial charge in [-0.1, -0.05) is 0 Å². The van der Waals surface area contributed by atoms with Crippen molar-refractivity contribution in [2.75, 3.05) is 19.6 Å².